The fourth-order valence-electron chi connectivity index (χ4n) is 9.83. The molecule has 19 nitrogen and oxygen atoms in total. The molecule has 1 N–H and O–H groups in total. The molecule has 0 radical (unpaired) electrons. The average molecular weight is 868 g/mol. The van der Waals surface area contributed by atoms with Crippen LogP contribution in [0.15, 0.2) is 48.7 Å². The summed E-state index contributed by atoms with van der Waals surface area (Å²) in [7, 11) is 0. The highest BCUT2D eigenvalue weighted by Gasteiger charge is 2.92. The molecule has 4 bridgehead atoms. The second-order valence-electron chi connectivity index (χ2n) is 16.5. The lowest BCUT2D eigenvalue weighted by molar-refractivity contribution is -0.385. The molecule has 1 saturated heterocycles. The molecular weight excluding hydrogens is 818 g/mol. The Balaban J connectivity index is 1.81. The van der Waals surface area contributed by atoms with Crippen molar-refractivity contribution < 1.29 is 86.1 Å². The third-order valence-corrected chi connectivity index (χ3v) is 12.4. The molecule has 6 rings (SSSR count). The van der Waals surface area contributed by atoms with Crippen LogP contribution >= 0.6 is 0 Å². The van der Waals surface area contributed by atoms with Crippen molar-refractivity contribution in [1.82, 2.24) is 4.98 Å². The van der Waals surface area contributed by atoms with E-state index in [1.807, 2.05) is 0 Å². The summed E-state index contributed by atoms with van der Waals surface area (Å²) in [6, 6.07) is 10.3. The van der Waals surface area contributed by atoms with Gasteiger partial charge in [0.2, 0.25) is 0 Å². The fourth-order valence-corrected chi connectivity index (χ4v) is 9.83. The topological polar surface area (TPSA) is 253 Å². The van der Waals surface area contributed by atoms with Crippen LogP contribution in [-0.4, -0.2) is 124 Å². The number of ether oxygens (including phenoxy) is 9. The van der Waals surface area contributed by atoms with E-state index in [1.165, 1.54) is 56.4 Å². The van der Waals surface area contributed by atoms with Crippen molar-refractivity contribution in [1.29, 1.82) is 0 Å². The Labute approximate surface area is 355 Å². The van der Waals surface area contributed by atoms with Crippen LogP contribution in [0.3, 0.4) is 0 Å². The first-order valence-electron chi connectivity index (χ1n) is 19.9. The highest BCUT2D eigenvalue weighted by molar-refractivity contribution is 5.91. The lowest BCUT2D eigenvalue weighted by atomic mass is 9.45. The minimum Gasteiger partial charge on any atom is -0.465 e. The maximum absolute atomic E-state index is 14.6. The van der Waals surface area contributed by atoms with Crippen molar-refractivity contribution in [3.63, 3.8) is 0 Å². The minimum absolute atomic E-state index is 0.0487. The first-order valence-corrected chi connectivity index (χ1v) is 19.9. The van der Waals surface area contributed by atoms with Crippen LogP contribution in [0.25, 0.3) is 0 Å². The van der Waals surface area contributed by atoms with Crippen LogP contribution in [0.2, 0.25) is 0 Å². The van der Waals surface area contributed by atoms with E-state index in [0.29, 0.717) is 0 Å². The van der Waals surface area contributed by atoms with Gasteiger partial charge in [0.25, 0.3) is 0 Å². The molecule has 4 aliphatic rings. The summed E-state index contributed by atoms with van der Waals surface area (Å²) < 4.78 is 55.5. The molecule has 62 heavy (non-hydrogen) atoms. The summed E-state index contributed by atoms with van der Waals surface area (Å²) in [6.45, 7) is 8.69. The maximum Gasteiger partial charge on any atom is 0.340 e. The van der Waals surface area contributed by atoms with Crippen molar-refractivity contribution in [3.8, 4) is 0 Å². The summed E-state index contributed by atoms with van der Waals surface area (Å²) in [6.07, 6.45) is -10.8. The number of pyridine rings is 1. The van der Waals surface area contributed by atoms with Gasteiger partial charge in [-0.15, -0.1) is 0 Å². The number of aliphatic hydroxyl groups is 1. The molecule has 2 aromatic rings. The molecule has 2 unspecified atom stereocenters. The van der Waals surface area contributed by atoms with E-state index in [0.717, 1.165) is 41.5 Å². The summed E-state index contributed by atoms with van der Waals surface area (Å²) in [5.41, 5.74) is -10.4. The van der Waals surface area contributed by atoms with Crippen molar-refractivity contribution in [2.24, 2.45) is 17.3 Å². The Bertz CT molecular complexity index is 2160. The largest absolute Gasteiger partial charge is 0.465 e. The first kappa shape index (κ1) is 45.6. The zero-order valence-corrected chi connectivity index (χ0v) is 35.6. The Kier molecular flexibility index (Phi) is 12.3. The second-order valence-corrected chi connectivity index (χ2v) is 16.5. The molecule has 2 aliphatic carbocycles. The molecule has 0 amide bonds. The van der Waals surface area contributed by atoms with Crippen LogP contribution in [0, 0.1) is 17.3 Å². The normalized spacial score (nSPS) is 36.0. The maximum atomic E-state index is 14.6. The Morgan fingerprint density at radius 1 is 0.742 bits per heavy atom. The van der Waals surface area contributed by atoms with Gasteiger partial charge < -0.3 is 47.7 Å². The number of benzene rings is 1. The van der Waals surface area contributed by atoms with Gasteiger partial charge in [-0.05, 0) is 38.1 Å². The average Bonchev–Trinajstić information content (AvgIpc) is 3.42. The van der Waals surface area contributed by atoms with Crippen LogP contribution in [-0.2, 0) is 71.4 Å². The molecule has 334 valence electrons. The molecule has 1 aromatic carbocycles. The standard InChI is InChI=1S/C43H49NO18/c1-20-21(2)37(50)60-34-32(57-24(5)47)36(61-38(51)27-14-11-10-12-15-27)42(19-54-22(3)45)35(59-26(7)49)31(56-23(4)46)29-33(58-25(6)48)43(42,41(34,9)53)62-40(29,8)18-55-39(52)28-16-13-17-44-30(20)28/h10-17,20-21,29,31-36,53H,18-19H2,1-9H3/t20?,21?,29-,31-,32+,33-,34+,35-,36+,40+,41+,42-,43+/m1/s1. The minimum atomic E-state index is -2.86. The SMILES string of the molecule is CC(=O)OC[C@]12[C@H](OC(C)=O)[C@H](OC(C)=O)[C@@H]3[C@@H](OC(C)=O)[C@@]14O[C@@]3(C)COC(=O)c1cccnc1C(C)C(C)C(=O)O[C@@H]([C@H](OC(C)=O)[C@@H]2OC(=O)c1ccccc1)[C@]4(C)O. The Morgan fingerprint density at radius 2 is 1.32 bits per heavy atom. The first-order chi connectivity index (χ1) is 29.0. The number of fused-ring (bicyclic) bond motifs is 5. The fraction of sp³-hybridized carbons (Fsp3) is 0.558. The molecule has 2 saturated carbocycles. The van der Waals surface area contributed by atoms with E-state index in [-0.39, 0.29) is 16.8 Å². The van der Waals surface area contributed by atoms with E-state index in [2.05, 4.69) is 4.98 Å². The monoisotopic (exact) mass is 867 g/mol. The van der Waals surface area contributed by atoms with Gasteiger partial charge in [-0.25, -0.2) is 9.59 Å². The highest BCUT2D eigenvalue weighted by atomic mass is 16.7. The van der Waals surface area contributed by atoms with Gasteiger partial charge in [0, 0.05) is 46.7 Å². The molecule has 13 atom stereocenters. The summed E-state index contributed by atoms with van der Waals surface area (Å²) in [5.74, 6) is -11.8. The molecule has 1 aromatic heterocycles. The van der Waals surface area contributed by atoms with E-state index < -0.39 is 138 Å². The van der Waals surface area contributed by atoms with E-state index in [9.17, 15) is 43.5 Å². The Morgan fingerprint density at radius 3 is 1.92 bits per heavy atom. The summed E-state index contributed by atoms with van der Waals surface area (Å²) in [4.78, 5) is 114. The van der Waals surface area contributed by atoms with Crippen LogP contribution in [0.1, 0.15) is 94.6 Å². The molecule has 19 heteroatoms. The lowest BCUT2D eigenvalue weighted by Crippen LogP contribution is -2.89. The van der Waals surface area contributed by atoms with Gasteiger partial charge in [-0.1, -0.05) is 32.0 Å². The number of esters is 8. The second kappa shape index (κ2) is 16.7. The van der Waals surface area contributed by atoms with Crippen molar-refractivity contribution >= 4 is 47.8 Å². The van der Waals surface area contributed by atoms with Gasteiger partial charge in [0.15, 0.2) is 30.0 Å². The highest BCUT2D eigenvalue weighted by Crippen LogP contribution is 2.70. The van der Waals surface area contributed by atoms with Gasteiger partial charge in [-0.3, -0.25) is 33.8 Å². The quantitative estimate of drug-likeness (QED) is 0.295. The smallest absolute Gasteiger partial charge is 0.340 e. The van der Waals surface area contributed by atoms with Crippen LogP contribution in [0.4, 0.5) is 0 Å². The van der Waals surface area contributed by atoms with E-state index >= 15 is 0 Å². The third-order valence-electron chi connectivity index (χ3n) is 12.4. The lowest BCUT2D eigenvalue weighted by Gasteiger charge is -2.67. The zero-order chi connectivity index (χ0) is 45.7. The zero-order valence-electron chi connectivity index (χ0n) is 35.6. The van der Waals surface area contributed by atoms with Gasteiger partial charge in [0.05, 0.1) is 28.7 Å². The predicted molar refractivity (Wildman–Crippen MR) is 205 cm³/mol. The number of aromatic nitrogens is 1. The molecule has 3 fully saturated rings. The Hall–Kier alpha value is -5.95. The van der Waals surface area contributed by atoms with Crippen molar-refractivity contribution in [2.45, 2.75) is 122 Å². The van der Waals surface area contributed by atoms with E-state index in [1.54, 1.807) is 13.0 Å². The number of nitrogens with zero attached hydrogens (tertiary/aromatic N) is 1. The van der Waals surface area contributed by atoms with Crippen molar-refractivity contribution in [2.75, 3.05) is 13.2 Å². The number of rotatable bonds is 8. The van der Waals surface area contributed by atoms with Gasteiger partial charge >= 0.3 is 47.8 Å². The number of cyclic esters (lactones) is 1. The summed E-state index contributed by atoms with van der Waals surface area (Å²) >= 11 is 0. The molecule has 1 spiro atoms. The van der Waals surface area contributed by atoms with Crippen molar-refractivity contribution in [3.05, 3.63) is 65.5 Å². The molecule has 2 aliphatic heterocycles. The predicted octanol–water partition coefficient (Wildman–Crippen LogP) is 2.33. The van der Waals surface area contributed by atoms with Crippen LogP contribution < -0.4 is 0 Å². The number of hydrogen-bond donors (Lipinski definition) is 1. The molecular formula is C43H49NO18. The summed E-state index contributed by atoms with van der Waals surface area (Å²) in [5, 5.41) is 13.6. The number of carbonyl (C=O) groups excluding carboxylic acids is 8. The van der Waals surface area contributed by atoms with Crippen LogP contribution in [0.5, 0.6) is 0 Å². The number of carbonyl (C=O) groups is 8. The molecule has 3 heterocycles. The van der Waals surface area contributed by atoms with E-state index in [4.69, 9.17) is 42.6 Å². The number of hydrogen-bond acceptors (Lipinski definition) is 19. The van der Waals surface area contributed by atoms with Gasteiger partial charge in [-0.2, -0.15) is 0 Å². The third kappa shape index (κ3) is 7.43. The van der Waals surface area contributed by atoms with Gasteiger partial charge in [0.1, 0.15) is 42.0 Å².